The van der Waals surface area contributed by atoms with Gasteiger partial charge in [-0.1, -0.05) is 6.07 Å². The molecule has 0 aliphatic heterocycles. The van der Waals surface area contributed by atoms with Crippen LogP contribution in [-0.2, 0) is 6.54 Å². The minimum Gasteiger partial charge on any atom is -0.338 e. The van der Waals surface area contributed by atoms with Gasteiger partial charge in [-0.25, -0.2) is 9.97 Å². The van der Waals surface area contributed by atoms with Gasteiger partial charge in [0.25, 0.3) is 0 Å². The van der Waals surface area contributed by atoms with Crippen LogP contribution in [0.15, 0.2) is 35.1 Å². The Bertz CT molecular complexity index is 498. The van der Waals surface area contributed by atoms with Crippen LogP contribution in [0.5, 0.6) is 0 Å². The lowest BCUT2D eigenvalue weighted by Crippen LogP contribution is -2.19. The highest BCUT2D eigenvalue weighted by molar-refractivity contribution is 9.10. The Morgan fingerprint density at radius 3 is 2.59 bits per heavy atom. The van der Waals surface area contributed by atoms with Gasteiger partial charge in [0, 0.05) is 25.1 Å². The first-order chi connectivity index (χ1) is 8.15. The van der Waals surface area contributed by atoms with Crippen LogP contribution in [0.1, 0.15) is 11.4 Å². The molecule has 0 aliphatic rings. The number of aryl methyl sites for hydroxylation is 1. The summed E-state index contributed by atoms with van der Waals surface area (Å²) in [6.45, 7) is 2.68. The molecule has 0 saturated carbocycles. The van der Waals surface area contributed by atoms with Crippen molar-refractivity contribution in [2.45, 2.75) is 13.5 Å². The summed E-state index contributed by atoms with van der Waals surface area (Å²) in [6.07, 6.45) is 3.48. The zero-order valence-corrected chi connectivity index (χ0v) is 11.3. The average molecular weight is 293 g/mol. The molecule has 0 bridgehead atoms. The molecule has 0 radical (unpaired) electrons. The second kappa shape index (κ2) is 5.23. The summed E-state index contributed by atoms with van der Waals surface area (Å²) in [5.74, 6) is 0.691. The molecule has 0 aliphatic carbocycles. The first-order valence-corrected chi connectivity index (χ1v) is 6.05. The van der Waals surface area contributed by atoms with E-state index < -0.39 is 0 Å². The Labute approximate surface area is 109 Å². The van der Waals surface area contributed by atoms with E-state index in [-0.39, 0.29) is 0 Å². The third-order valence-corrected chi connectivity index (χ3v) is 2.70. The van der Waals surface area contributed by atoms with Gasteiger partial charge in [-0.2, -0.15) is 0 Å². The van der Waals surface area contributed by atoms with Crippen LogP contribution in [0.4, 0.5) is 5.95 Å². The first kappa shape index (κ1) is 12.0. The van der Waals surface area contributed by atoms with Crippen LogP contribution >= 0.6 is 15.9 Å². The van der Waals surface area contributed by atoms with E-state index >= 15 is 0 Å². The third kappa shape index (κ3) is 3.23. The average Bonchev–Trinajstić information content (AvgIpc) is 2.29. The molecule has 0 N–H and O–H groups in total. The Kier molecular flexibility index (Phi) is 3.68. The molecule has 0 spiro atoms. The van der Waals surface area contributed by atoms with E-state index in [1.807, 2.05) is 37.1 Å². The smallest absolute Gasteiger partial charge is 0.225 e. The molecule has 0 atom stereocenters. The summed E-state index contributed by atoms with van der Waals surface area (Å²) < 4.78 is 0.878. The van der Waals surface area contributed by atoms with Gasteiger partial charge in [-0.3, -0.25) is 4.98 Å². The number of pyridine rings is 1. The zero-order valence-electron chi connectivity index (χ0n) is 9.76. The Morgan fingerprint density at radius 2 is 1.94 bits per heavy atom. The monoisotopic (exact) mass is 292 g/mol. The first-order valence-electron chi connectivity index (χ1n) is 5.26. The number of nitrogens with zero attached hydrogens (tertiary/aromatic N) is 4. The summed E-state index contributed by atoms with van der Waals surface area (Å²) in [7, 11) is 1.95. The topological polar surface area (TPSA) is 41.9 Å². The molecular weight excluding hydrogens is 280 g/mol. The fraction of sp³-hybridized carbons (Fsp3) is 0.250. The third-order valence-electron chi connectivity index (χ3n) is 2.29. The Hall–Kier alpha value is -1.49. The Morgan fingerprint density at radius 1 is 1.24 bits per heavy atom. The molecule has 88 valence electrons. The summed E-state index contributed by atoms with van der Waals surface area (Å²) in [4.78, 5) is 14.9. The van der Waals surface area contributed by atoms with E-state index in [1.54, 1.807) is 12.4 Å². The zero-order chi connectivity index (χ0) is 12.3. The minimum atomic E-state index is 0.691. The number of hydrogen-bond acceptors (Lipinski definition) is 4. The van der Waals surface area contributed by atoms with Crippen molar-refractivity contribution >= 4 is 21.9 Å². The lowest BCUT2D eigenvalue weighted by Gasteiger charge is -2.16. The van der Waals surface area contributed by atoms with Crippen molar-refractivity contribution in [2.24, 2.45) is 0 Å². The second-order valence-corrected chi connectivity index (χ2v) is 4.74. The van der Waals surface area contributed by atoms with Gasteiger partial charge in [-0.05, 0) is 35.0 Å². The molecular formula is C12H13BrN4. The largest absolute Gasteiger partial charge is 0.338 e. The van der Waals surface area contributed by atoms with Crippen molar-refractivity contribution in [3.63, 3.8) is 0 Å². The summed E-state index contributed by atoms with van der Waals surface area (Å²) in [5, 5.41) is 0. The standard InChI is InChI=1S/C12H13BrN4/c1-9-4-3-5-11(16-9)8-17(2)12-14-6-10(13)7-15-12/h3-7H,8H2,1-2H3. The number of hydrogen-bond donors (Lipinski definition) is 0. The molecule has 4 nitrogen and oxygen atoms in total. The van der Waals surface area contributed by atoms with E-state index in [2.05, 4.69) is 30.9 Å². The Balaban J connectivity index is 2.11. The number of rotatable bonds is 3. The fourth-order valence-corrected chi connectivity index (χ4v) is 1.71. The SMILES string of the molecule is Cc1cccc(CN(C)c2ncc(Br)cn2)n1. The molecule has 0 amide bonds. The van der Waals surface area contributed by atoms with Gasteiger partial charge < -0.3 is 4.90 Å². The highest BCUT2D eigenvalue weighted by Crippen LogP contribution is 2.11. The molecule has 0 fully saturated rings. The van der Waals surface area contributed by atoms with Crippen LogP contribution < -0.4 is 4.90 Å². The normalized spacial score (nSPS) is 10.3. The molecule has 2 aromatic rings. The van der Waals surface area contributed by atoms with Crippen molar-refractivity contribution in [3.05, 3.63) is 46.5 Å². The van der Waals surface area contributed by atoms with Crippen molar-refractivity contribution in [3.8, 4) is 0 Å². The molecule has 0 unspecified atom stereocenters. The van der Waals surface area contributed by atoms with Gasteiger partial charge in [0.05, 0.1) is 16.7 Å². The highest BCUT2D eigenvalue weighted by atomic mass is 79.9. The maximum Gasteiger partial charge on any atom is 0.225 e. The summed E-state index contributed by atoms with van der Waals surface area (Å²) >= 11 is 3.32. The molecule has 17 heavy (non-hydrogen) atoms. The predicted molar refractivity (Wildman–Crippen MR) is 70.8 cm³/mol. The van der Waals surface area contributed by atoms with Crippen LogP contribution in [0.25, 0.3) is 0 Å². The second-order valence-electron chi connectivity index (χ2n) is 3.83. The molecule has 2 rings (SSSR count). The predicted octanol–water partition coefficient (Wildman–Crippen LogP) is 2.58. The van der Waals surface area contributed by atoms with E-state index in [4.69, 9.17) is 0 Å². The van der Waals surface area contributed by atoms with Crippen LogP contribution in [0.3, 0.4) is 0 Å². The fourth-order valence-electron chi connectivity index (χ4n) is 1.50. The van der Waals surface area contributed by atoms with Crippen molar-refractivity contribution in [1.29, 1.82) is 0 Å². The van der Waals surface area contributed by atoms with Crippen molar-refractivity contribution in [1.82, 2.24) is 15.0 Å². The maximum atomic E-state index is 4.45. The number of halogens is 1. The van der Waals surface area contributed by atoms with Crippen LogP contribution in [0, 0.1) is 6.92 Å². The lowest BCUT2D eigenvalue weighted by atomic mass is 10.3. The minimum absolute atomic E-state index is 0.691. The summed E-state index contributed by atoms with van der Waals surface area (Å²) in [6, 6.07) is 6.00. The van der Waals surface area contributed by atoms with E-state index in [1.165, 1.54) is 0 Å². The lowest BCUT2D eigenvalue weighted by molar-refractivity contribution is 0.835. The van der Waals surface area contributed by atoms with Gasteiger partial charge >= 0.3 is 0 Å². The van der Waals surface area contributed by atoms with Gasteiger partial charge in [-0.15, -0.1) is 0 Å². The molecule has 2 aromatic heterocycles. The van der Waals surface area contributed by atoms with E-state index in [9.17, 15) is 0 Å². The quantitative estimate of drug-likeness (QED) is 0.872. The van der Waals surface area contributed by atoms with Crippen LogP contribution in [0.2, 0.25) is 0 Å². The van der Waals surface area contributed by atoms with Crippen molar-refractivity contribution < 1.29 is 0 Å². The molecule has 2 heterocycles. The van der Waals surface area contributed by atoms with Gasteiger partial charge in [0.15, 0.2) is 0 Å². The summed E-state index contributed by atoms with van der Waals surface area (Å²) in [5.41, 5.74) is 2.03. The van der Waals surface area contributed by atoms with Gasteiger partial charge in [0.1, 0.15) is 0 Å². The number of aromatic nitrogens is 3. The van der Waals surface area contributed by atoms with Crippen LogP contribution in [-0.4, -0.2) is 22.0 Å². The van der Waals surface area contributed by atoms with E-state index in [0.29, 0.717) is 12.5 Å². The van der Waals surface area contributed by atoms with Crippen molar-refractivity contribution in [2.75, 3.05) is 11.9 Å². The van der Waals surface area contributed by atoms with E-state index in [0.717, 1.165) is 15.9 Å². The molecule has 0 aromatic carbocycles. The number of anilines is 1. The molecule has 0 saturated heterocycles. The van der Waals surface area contributed by atoms with Gasteiger partial charge in [0.2, 0.25) is 5.95 Å². The maximum absolute atomic E-state index is 4.45. The molecule has 5 heteroatoms. The highest BCUT2D eigenvalue weighted by Gasteiger charge is 2.05.